The van der Waals surface area contributed by atoms with E-state index in [1.165, 1.54) is 10.6 Å². The Labute approximate surface area is 107 Å². The van der Waals surface area contributed by atoms with Gasteiger partial charge >= 0.3 is 5.97 Å². The third-order valence-corrected chi connectivity index (χ3v) is 2.60. The number of aromatic nitrogens is 5. The highest BCUT2D eigenvalue weighted by Gasteiger charge is 2.13. The van der Waals surface area contributed by atoms with Gasteiger partial charge in [0.2, 0.25) is 5.82 Å². The van der Waals surface area contributed by atoms with E-state index < -0.39 is 5.97 Å². The predicted octanol–water partition coefficient (Wildman–Crippen LogP) is 1.19. The summed E-state index contributed by atoms with van der Waals surface area (Å²) in [5.74, 6) is -0.426. The Bertz CT molecular complexity index is 766. The normalized spacial score (nSPS) is 10.8. The Morgan fingerprint density at radius 3 is 2.84 bits per heavy atom. The van der Waals surface area contributed by atoms with Gasteiger partial charge in [-0.25, -0.2) is 14.3 Å². The molecule has 0 saturated carbocycles. The topological polar surface area (TPSA) is 93.3 Å². The highest BCUT2D eigenvalue weighted by atomic mass is 16.4. The molecule has 0 unspecified atom stereocenters. The van der Waals surface area contributed by atoms with E-state index in [9.17, 15) is 4.79 Å². The first-order chi connectivity index (χ1) is 9.15. The molecule has 0 aliphatic carbocycles. The summed E-state index contributed by atoms with van der Waals surface area (Å²) in [6.45, 7) is 1.75. The molecule has 0 spiro atoms. The van der Waals surface area contributed by atoms with Crippen LogP contribution in [0.15, 0.2) is 30.5 Å². The van der Waals surface area contributed by atoms with Crippen LogP contribution in [0.1, 0.15) is 16.2 Å². The Balaban J connectivity index is 2.21. The number of fused-ring (bicyclic) bond motifs is 1. The zero-order valence-corrected chi connectivity index (χ0v) is 9.98. The van der Waals surface area contributed by atoms with E-state index in [0.717, 1.165) is 0 Å². The molecule has 0 bridgehead atoms. The average Bonchev–Trinajstić information content (AvgIpc) is 2.84. The molecule has 0 aliphatic rings. The van der Waals surface area contributed by atoms with Gasteiger partial charge < -0.3 is 5.11 Å². The van der Waals surface area contributed by atoms with E-state index in [2.05, 4.69) is 20.1 Å². The maximum Gasteiger partial charge on any atom is 0.354 e. The van der Waals surface area contributed by atoms with Gasteiger partial charge in [0.05, 0.1) is 0 Å². The van der Waals surface area contributed by atoms with Crippen molar-refractivity contribution >= 4 is 11.7 Å². The number of hydrogen-bond donors (Lipinski definition) is 1. The van der Waals surface area contributed by atoms with E-state index in [0.29, 0.717) is 17.2 Å². The van der Waals surface area contributed by atoms with Crippen molar-refractivity contribution in [3.05, 3.63) is 41.9 Å². The fourth-order valence-corrected chi connectivity index (χ4v) is 1.72. The molecule has 0 fully saturated rings. The largest absolute Gasteiger partial charge is 0.477 e. The molecule has 0 amide bonds. The van der Waals surface area contributed by atoms with Crippen LogP contribution in [0.5, 0.6) is 0 Å². The number of hydrogen-bond acceptors (Lipinski definition) is 5. The van der Waals surface area contributed by atoms with Gasteiger partial charge in [-0.15, -0.1) is 5.10 Å². The van der Waals surface area contributed by atoms with Gasteiger partial charge in [0.1, 0.15) is 5.69 Å². The van der Waals surface area contributed by atoms with Crippen molar-refractivity contribution in [2.45, 2.75) is 6.92 Å². The number of aromatic carboxylic acids is 1. The Morgan fingerprint density at radius 2 is 2.16 bits per heavy atom. The van der Waals surface area contributed by atoms with Crippen LogP contribution < -0.4 is 0 Å². The lowest BCUT2D eigenvalue weighted by molar-refractivity contribution is 0.0690. The number of aryl methyl sites for hydroxylation is 1. The van der Waals surface area contributed by atoms with Crippen LogP contribution in [-0.4, -0.2) is 35.6 Å². The third kappa shape index (κ3) is 1.90. The van der Waals surface area contributed by atoms with Gasteiger partial charge in [-0.1, -0.05) is 6.07 Å². The zero-order chi connectivity index (χ0) is 13.4. The van der Waals surface area contributed by atoms with E-state index in [-0.39, 0.29) is 11.5 Å². The van der Waals surface area contributed by atoms with Crippen LogP contribution in [0.3, 0.4) is 0 Å². The van der Waals surface area contributed by atoms with Crippen LogP contribution in [0.2, 0.25) is 0 Å². The molecule has 0 aromatic carbocycles. The summed E-state index contributed by atoms with van der Waals surface area (Å²) in [6, 6.07) is 6.86. The highest BCUT2D eigenvalue weighted by Crippen LogP contribution is 2.13. The Morgan fingerprint density at radius 1 is 1.32 bits per heavy atom. The van der Waals surface area contributed by atoms with Crippen LogP contribution in [-0.2, 0) is 0 Å². The minimum Gasteiger partial charge on any atom is -0.477 e. The quantitative estimate of drug-likeness (QED) is 0.739. The van der Waals surface area contributed by atoms with Crippen LogP contribution in [0.25, 0.3) is 17.3 Å². The summed E-state index contributed by atoms with van der Waals surface area (Å²) < 4.78 is 1.50. The third-order valence-electron chi connectivity index (χ3n) is 2.60. The molecule has 3 rings (SSSR count). The van der Waals surface area contributed by atoms with Gasteiger partial charge in [-0.05, 0) is 25.1 Å². The lowest BCUT2D eigenvalue weighted by Crippen LogP contribution is -2.05. The van der Waals surface area contributed by atoms with E-state index >= 15 is 0 Å². The Hall–Kier alpha value is -2.83. The minimum absolute atomic E-state index is 0.0510. The first-order valence-electron chi connectivity index (χ1n) is 5.54. The standard InChI is InChI=1S/C12H9N5O2/c1-7-6-9(11(18)19)14-12-15-10(16-17(7)12)8-4-2-3-5-13-8/h2-6H,1H3,(H,18,19). The number of carboxylic acids is 1. The number of nitrogens with zero attached hydrogens (tertiary/aromatic N) is 5. The number of pyridine rings is 1. The van der Waals surface area contributed by atoms with Crippen LogP contribution in [0.4, 0.5) is 0 Å². The summed E-state index contributed by atoms with van der Waals surface area (Å²) in [7, 11) is 0. The fourth-order valence-electron chi connectivity index (χ4n) is 1.72. The lowest BCUT2D eigenvalue weighted by atomic mass is 10.3. The molecule has 3 aromatic heterocycles. The van der Waals surface area contributed by atoms with E-state index in [1.807, 2.05) is 6.07 Å². The van der Waals surface area contributed by atoms with Gasteiger partial charge in [0, 0.05) is 11.9 Å². The van der Waals surface area contributed by atoms with Crippen molar-refractivity contribution in [2.75, 3.05) is 0 Å². The number of rotatable bonds is 2. The second-order valence-corrected chi connectivity index (χ2v) is 3.95. The van der Waals surface area contributed by atoms with Crippen molar-refractivity contribution < 1.29 is 9.90 Å². The van der Waals surface area contributed by atoms with Crippen molar-refractivity contribution in [3.8, 4) is 11.5 Å². The summed E-state index contributed by atoms with van der Waals surface area (Å²) in [4.78, 5) is 23.2. The van der Waals surface area contributed by atoms with Crippen LogP contribution in [0, 0.1) is 6.92 Å². The second-order valence-electron chi connectivity index (χ2n) is 3.95. The molecule has 19 heavy (non-hydrogen) atoms. The zero-order valence-electron chi connectivity index (χ0n) is 9.98. The maximum absolute atomic E-state index is 10.9. The molecule has 7 heteroatoms. The predicted molar refractivity (Wildman–Crippen MR) is 65.7 cm³/mol. The van der Waals surface area contributed by atoms with Gasteiger partial charge in [0.25, 0.3) is 5.78 Å². The van der Waals surface area contributed by atoms with Gasteiger partial charge in [0.15, 0.2) is 5.69 Å². The van der Waals surface area contributed by atoms with Crippen molar-refractivity contribution in [1.82, 2.24) is 24.6 Å². The number of carboxylic acid groups (broad SMARTS) is 1. The molecule has 94 valence electrons. The van der Waals surface area contributed by atoms with Gasteiger partial charge in [-0.3, -0.25) is 4.98 Å². The van der Waals surface area contributed by atoms with Crippen LogP contribution >= 0.6 is 0 Å². The van der Waals surface area contributed by atoms with Crippen molar-refractivity contribution in [2.24, 2.45) is 0 Å². The maximum atomic E-state index is 10.9. The highest BCUT2D eigenvalue weighted by molar-refractivity contribution is 5.85. The van der Waals surface area contributed by atoms with Crippen molar-refractivity contribution in [3.63, 3.8) is 0 Å². The summed E-state index contributed by atoms with van der Waals surface area (Å²) in [5.41, 5.74) is 1.21. The summed E-state index contributed by atoms with van der Waals surface area (Å²) in [5, 5.41) is 13.2. The van der Waals surface area contributed by atoms with Gasteiger partial charge in [-0.2, -0.15) is 4.98 Å². The SMILES string of the molecule is Cc1cc(C(=O)O)nc2nc(-c3ccccn3)nn12. The molecule has 0 saturated heterocycles. The van der Waals surface area contributed by atoms with E-state index in [4.69, 9.17) is 5.11 Å². The molecular formula is C12H9N5O2. The molecular weight excluding hydrogens is 246 g/mol. The molecule has 1 N–H and O–H groups in total. The summed E-state index contributed by atoms with van der Waals surface area (Å²) in [6.07, 6.45) is 1.64. The first kappa shape index (κ1) is 11.3. The molecule has 7 nitrogen and oxygen atoms in total. The molecule has 3 heterocycles. The molecule has 0 atom stereocenters. The second kappa shape index (κ2) is 4.13. The number of carbonyl (C=O) groups is 1. The first-order valence-corrected chi connectivity index (χ1v) is 5.54. The smallest absolute Gasteiger partial charge is 0.354 e. The molecule has 0 aliphatic heterocycles. The molecule has 0 radical (unpaired) electrons. The molecule has 3 aromatic rings. The lowest BCUT2D eigenvalue weighted by Gasteiger charge is -1.98. The summed E-state index contributed by atoms with van der Waals surface area (Å²) >= 11 is 0. The Kier molecular flexibility index (Phi) is 2.45. The average molecular weight is 255 g/mol. The minimum atomic E-state index is -1.09. The van der Waals surface area contributed by atoms with E-state index in [1.54, 1.807) is 25.3 Å². The monoisotopic (exact) mass is 255 g/mol. The van der Waals surface area contributed by atoms with Crippen molar-refractivity contribution in [1.29, 1.82) is 0 Å². The fraction of sp³-hybridized carbons (Fsp3) is 0.0833.